The summed E-state index contributed by atoms with van der Waals surface area (Å²) in [6.07, 6.45) is 1.48. The lowest BCUT2D eigenvalue weighted by Gasteiger charge is -2.27. The topological polar surface area (TPSA) is 46.5 Å². The first-order valence-corrected chi connectivity index (χ1v) is 6.97. The number of rotatable bonds is 7. The highest BCUT2D eigenvalue weighted by molar-refractivity contribution is 6.25. The molecule has 0 aliphatic rings. The second kappa shape index (κ2) is 7.51. The normalized spacial score (nSPS) is 15.6. The second-order valence-electron chi connectivity index (χ2n) is 4.72. The first-order valence-electron chi connectivity index (χ1n) is 6.59. The van der Waals surface area contributed by atoms with Crippen LogP contribution in [0.5, 0.6) is 0 Å². The average Bonchev–Trinajstić information content (AvgIpc) is 2.43. The molecule has 0 amide bonds. The van der Waals surface area contributed by atoms with Crippen molar-refractivity contribution in [1.82, 2.24) is 0 Å². The van der Waals surface area contributed by atoms with E-state index in [-0.39, 0.29) is 0 Å². The molecule has 1 aromatic carbocycles. The monoisotopic (exact) mass is 284 g/mol. The third-order valence-corrected chi connectivity index (χ3v) is 3.49. The summed E-state index contributed by atoms with van der Waals surface area (Å²) in [4.78, 5) is 10.6. The van der Waals surface area contributed by atoms with Crippen molar-refractivity contribution >= 4 is 17.6 Å². The molecular weight excluding hydrogens is 264 g/mol. The molecule has 19 heavy (non-hydrogen) atoms. The Hall–Kier alpha value is -1.06. The highest BCUT2D eigenvalue weighted by Crippen LogP contribution is 2.32. The van der Waals surface area contributed by atoms with E-state index in [0.717, 1.165) is 19.3 Å². The number of carbonyl (C=O) groups is 1. The van der Waals surface area contributed by atoms with Gasteiger partial charge in [0.2, 0.25) is 0 Å². The molecule has 0 spiro atoms. The molecule has 0 aliphatic heterocycles. The molecule has 0 fully saturated rings. The van der Waals surface area contributed by atoms with Gasteiger partial charge in [-0.15, -0.1) is 11.6 Å². The molecule has 4 heteroatoms. The van der Waals surface area contributed by atoms with Gasteiger partial charge >= 0.3 is 5.97 Å². The van der Waals surface area contributed by atoms with Crippen molar-refractivity contribution < 1.29 is 14.6 Å². The predicted octanol–water partition coefficient (Wildman–Crippen LogP) is 3.23. The highest BCUT2D eigenvalue weighted by Gasteiger charge is 2.38. The SMILES string of the molecule is CCCCCOC(=O)[C@H](O)[C@](C)(Cl)c1ccccc1. The number of alkyl halides is 1. The van der Waals surface area contributed by atoms with E-state index in [4.69, 9.17) is 16.3 Å². The van der Waals surface area contributed by atoms with E-state index in [9.17, 15) is 9.90 Å². The zero-order valence-corrected chi connectivity index (χ0v) is 12.2. The largest absolute Gasteiger partial charge is 0.464 e. The molecule has 3 nitrogen and oxygen atoms in total. The fourth-order valence-corrected chi connectivity index (χ4v) is 1.96. The highest BCUT2D eigenvalue weighted by atomic mass is 35.5. The number of aliphatic hydroxyl groups is 1. The second-order valence-corrected chi connectivity index (χ2v) is 5.50. The van der Waals surface area contributed by atoms with E-state index < -0.39 is 16.9 Å². The number of ether oxygens (including phenoxy) is 1. The number of hydrogen-bond acceptors (Lipinski definition) is 3. The van der Waals surface area contributed by atoms with Gasteiger partial charge in [-0.25, -0.2) is 4.79 Å². The van der Waals surface area contributed by atoms with Crippen molar-refractivity contribution in [3.8, 4) is 0 Å². The summed E-state index contributed by atoms with van der Waals surface area (Å²) in [5.41, 5.74) is 0.690. The van der Waals surface area contributed by atoms with Crippen LogP contribution < -0.4 is 0 Å². The van der Waals surface area contributed by atoms with Crippen LogP contribution in [0.1, 0.15) is 38.7 Å². The molecule has 0 saturated heterocycles. The molecule has 0 aliphatic carbocycles. The number of hydrogen-bond donors (Lipinski definition) is 1. The molecule has 1 aromatic rings. The summed E-state index contributed by atoms with van der Waals surface area (Å²) in [5, 5.41) is 10.0. The molecule has 2 atom stereocenters. The van der Waals surface area contributed by atoms with E-state index >= 15 is 0 Å². The van der Waals surface area contributed by atoms with Gasteiger partial charge in [-0.3, -0.25) is 0 Å². The number of carbonyl (C=O) groups excluding carboxylic acids is 1. The van der Waals surface area contributed by atoms with Crippen molar-refractivity contribution in [2.75, 3.05) is 6.61 Å². The van der Waals surface area contributed by atoms with E-state index in [2.05, 4.69) is 6.92 Å². The van der Waals surface area contributed by atoms with Gasteiger partial charge < -0.3 is 9.84 Å². The Morgan fingerprint density at radius 3 is 2.58 bits per heavy atom. The summed E-state index contributed by atoms with van der Waals surface area (Å²) >= 11 is 6.30. The van der Waals surface area contributed by atoms with Gasteiger partial charge in [0, 0.05) is 0 Å². The molecule has 1 N–H and O–H groups in total. The summed E-state index contributed by atoms with van der Waals surface area (Å²) in [6, 6.07) is 9.04. The minimum absolute atomic E-state index is 0.325. The number of halogens is 1. The van der Waals surface area contributed by atoms with Crippen LogP contribution in [0.2, 0.25) is 0 Å². The maximum atomic E-state index is 11.8. The number of esters is 1. The van der Waals surface area contributed by atoms with Crippen molar-refractivity contribution in [3.05, 3.63) is 35.9 Å². The number of benzene rings is 1. The zero-order chi connectivity index (χ0) is 14.3. The standard InChI is InChI=1S/C15H21ClO3/c1-3-4-8-11-19-14(18)13(17)15(2,16)12-9-6-5-7-10-12/h5-7,9-10,13,17H,3-4,8,11H2,1-2H3/t13-,15+/m0/s1. The zero-order valence-electron chi connectivity index (χ0n) is 11.4. The molecule has 0 aromatic heterocycles. The van der Waals surface area contributed by atoms with Crippen molar-refractivity contribution in [2.45, 2.75) is 44.1 Å². The maximum Gasteiger partial charge on any atom is 0.337 e. The summed E-state index contributed by atoms with van der Waals surface area (Å²) in [5.74, 6) is -0.669. The molecule has 0 heterocycles. The number of unbranched alkanes of at least 4 members (excludes halogenated alkanes) is 2. The molecule has 106 valence electrons. The van der Waals surface area contributed by atoms with Crippen LogP contribution in [0.15, 0.2) is 30.3 Å². The van der Waals surface area contributed by atoms with Crippen LogP contribution in [0, 0.1) is 0 Å². The van der Waals surface area contributed by atoms with Gasteiger partial charge in [0.05, 0.1) is 6.61 Å². The minimum Gasteiger partial charge on any atom is -0.464 e. The van der Waals surface area contributed by atoms with Gasteiger partial charge in [0.15, 0.2) is 6.10 Å². The third kappa shape index (κ3) is 4.51. The van der Waals surface area contributed by atoms with Gasteiger partial charge in [-0.2, -0.15) is 0 Å². The average molecular weight is 285 g/mol. The molecule has 0 saturated carbocycles. The van der Waals surface area contributed by atoms with Crippen molar-refractivity contribution in [3.63, 3.8) is 0 Å². The molecule has 0 radical (unpaired) electrons. The lowest BCUT2D eigenvalue weighted by molar-refractivity contribution is -0.155. The lowest BCUT2D eigenvalue weighted by atomic mass is 9.94. The Morgan fingerprint density at radius 1 is 1.37 bits per heavy atom. The number of aliphatic hydroxyl groups excluding tert-OH is 1. The Balaban J connectivity index is 2.60. The fourth-order valence-electron chi connectivity index (χ4n) is 1.75. The van der Waals surface area contributed by atoms with E-state index in [1.807, 2.05) is 18.2 Å². The van der Waals surface area contributed by atoms with Crippen molar-refractivity contribution in [2.24, 2.45) is 0 Å². The van der Waals surface area contributed by atoms with Gasteiger partial charge in [0.25, 0.3) is 0 Å². The Kier molecular flexibility index (Phi) is 6.32. The first kappa shape index (κ1) is 16.0. The van der Waals surface area contributed by atoms with Gasteiger partial charge in [-0.05, 0) is 18.9 Å². The van der Waals surface area contributed by atoms with Crippen LogP contribution in [0.3, 0.4) is 0 Å². The molecule has 1 rings (SSSR count). The summed E-state index contributed by atoms with van der Waals surface area (Å²) < 4.78 is 5.04. The minimum atomic E-state index is -1.38. The Bertz CT molecular complexity index is 390. The quantitative estimate of drug-likeness (QED) is 0.475. The van der Waals surface area contributed by atoms with Gasteiger partial charge in [-0.1, -0.05) is 50.1 Å². The lowest BCUT2D eigenvalue weighted by Crippen LogP contribution is -2.39. The first-order chi connectivity index (χ1) is 9.00. The van der Waals surface area contributed by atoms with Crippen LogP contribution in [0.4, 0.5) is 0 Å². The van der Waals surface area contributed by atoms with E-state index in [1.54, 1.807) is 19.1 Å². The maximum absolute atomic E-state index is 11.8. The molecule has 0 unspecified atom stereocenters. The Morgan fingerprint density at radius 2 is 2.00 bits per heavy atom. The molecule has 0 bridgehead atoms. The molecular formula is C15H21ClO3. The van der Waals surface area contributed by atoms with Gasteiger partial charge in [0.1, 0.15) is 4.87 Å². The van der Waals surface area contributed by atoms with E-state index in [1.165, 1.54) is 0 Å². The summed E-state index contributed by atoms with van der Waals surface area (Å²) in [6.45, 7) is 4.01. The van der Waals surface area contributed by atoms with Crippen LogP contribution in [-0.4, -0.2) is 23.8 Å². The van der Waals surface area contributed by atoms with Crippen LogP contribution in [0.25, 0.3) is 0 Å². The van der Waals surface area contributed by atoms with E-state index in [0.29, 0.717) is 12.2 Å². The third-order valence-electron chi connectivity index (χ3n) is 3.07. The smallest absolute Gasteiger partial charge is 0.337 e. The van der Waals surface area contributed by atoms with Crippen LogP contribution in [-0.2, 0) is 14.4 Å². The fraction of sp³-hybridized carbons (Fsp3) is 0.533. The van der Waals surface area contributed by atoms with Crippen molar-refractivity contribution in [1.29, 1.82) is 0 Å². The summed E-state index contributed by atoms with van der Waals surface area (Å²) in [7, 11) is 0. The Labute approximate surface area is 119 Å². The van der Waals surface area contributed by atoms with Crippen LogP contribution >= 0.6 is 11.6 Å². The predicted molar refractivity (Wildman–Crippen MR) is 76.1 cm³/mol.